The third-order valence-corrected chi connectivity index (χ3v) is 5.67. The van der Waals surface area contributed by atoms with Gasteiger partial charge in [0.1, 0.15) is 0 Å². The van der Waals surface area contributed by atoms with E-state index in [1.165, 1.54) is 70.9 Å². The molecule has 2 aliphatic rings. The van der Waals surface area contributed by atoms with E-state index < -0.39 is 0 Å². The van der Waals surface area contributed by atoms with Crippen LogP contribution in [0.1, 0.15) is 71.6 Å². The predicted octanol–water partition coefficient (Wildman–Crippen LogP) is 3.79. The summed E-state index contributed by atoms with van der Waals surface area (Å²) in [5.41, 5.74) is 6.41. The molecule has 1 saturated heterocycles. The predicted molar refractivity (Wildman–Crippen MR) is 83.2 cm³/mol. The number of nitrogens with zero attached hydrogens (tertiary/aromatic N) is 1. The maximum Gasteiger partial charge on any atom is 0.00927 e. The Morgan fingerprint density at radius 2 is 1.84 bits per heavy atom. The van der Waals surface area contributed by atoms with Gasteiger partial charge in [0.2, 0.25) is 0 Å². The first kappa shape index (κ1) is 15.3. The van der Waals surface area contributed by atoms with E-state index in [0.29, 0.717) is 6.04 Å². The second-order valence-corrected chi connectivity index (χ2v) is 6.92. The summed E-state index contributed by atoms with van der Waals surface area (Å²) in [5.74, 6) is 1.70. The molecular formula is C17H34N2. The zero-order valence-electron chi connectivity index (χ0n) is 13.1. The molecular weight excluding hydrogens is 232 g/mol. The minimum absolute atomic E-state index is 0.462. The highest BCUT2D eigenvalue weighted by Gasteiger charge is 2.30. The largest absolute Gasteiger partial charge is 0.327 e. The molecule has 0 spiro atoms. The lowest BCUT2D eigenvalue weighted by molar-refractivity contribution is 0.119. The van der Waals surface area contributed by atoms with Crippen molar-refractivity contribution in [3.63, 3.8) is 0 Å². The van der Waals surface area contributed by atoms with Crippen LogP contribution in [-0.2, 0) is 0 Å². The summed E-state index contributed by atoms with van der Waals surface area (Å²) >= 11 is 0. The number of likely N-dealkylation sites (tertiary alicyclic amines) is 1. The molecule has 0 amide bonds. The van der Waals surface area contributed by atoms with Crippen LogP contribution in [0.4, 0.5) is 0 Å². The van der Waals surface area contributed by atoms with Gasteiger partial charge in [0.05, 0.1) is 0 Å². The third kappa shape index (κ3) is 4.19. The first-order valence-corrected chi connectivity index (χ1v) is 8.74. The third-order valence-electron chi connectivity index (χ3n) is 5.67. The Balaban J connectivity index is 1.92. The first-order valence-electron chi connectivity index (χ1n) is 8.74. The average Bonchev–Trinajstić information content (AvgIpc) is 2.66. The maximum atomic E-state index is 6.41. The fourth-order valence-corrected chi connectivity index (χ4v) is 4.21. The minimum Gasteiger partial charge on any atom is -0.327 e. The van der Waals surface area contributed by atoms with Gasteiger partial charge in [-0.2, -0.15) is 0 Å². The van der Waals surface area contributed by atoms with Gasteiger partial charge in [-0.3, -0.25) is 0 Å². The van der Waals surface area contributed by atoms with Gasteiger partial charge >= 0.3 is 0 Å². The van der Waals surface area contributed by atoms with Crippen molar-refractivity contribution in [1.82, 2.24) is 4.90 Å². The van der Waals surface area contributed by atoms with E-state index in [0.717, 1.165) is 17.9 Å². The molecule has 0 bridgehead atoms. The van der Waals surface area contributed by atoms with Crippen LogP contribution in [0, 0.1) is 11.8 Å². The van der Waals surface area contributed by atoms with Crippen LogP contribution in [0.25, 0.3) is 0 Å². The molecule has 1 aliphatic carbocycles. The molecule has 19 heavy (non-hydrogen) atoms. The summed E-state index contributed by atoms with van der Waals surface area (Å²) < 4.78 is 0. The van der Waals surface area contributed by atoms with Crippen LogP contribution >= 0.6 is 0 Å². The van der Waals surface area contributed by atoms with Crippen LogP contribution in [0.3, 0.4) is 0 Å². The number of hydrogen-bond acceptors (Lipinski definition) is 2. The van der Waals surface area contributed by atoms with Crippen molar-refractivity contribution in [2.24, 2.45) is 17.6 Å². The van der Waals surface area contributed by atoms with Crippen molar-refractivity contribution >= 4 is 0 Å². The molecule has 4 atom stereocenters. The molecule has 4 unspecified atom stereocenters. The summed E-state index contributed by atoms with van der Waals surface area (Å²) in [6.45, 7) is 7.30. The van der Waals surface area contributed by atoms with E-state index >= 15 is 0 Å². The Morgan fingerprint density at radius 3 is 2.58 bits per heavy atom. The standard InChI is InChI=1S/C17H34N2/c1-3-14-9-10-17(18)15(12-14)13-19-11-7-5-6-8-16(19)4-2/h14-17H,3-13,18H2,1-2H3. The van der Waals surface area contributed by atoms with E-state index in [4.69, 9.17) is 5.73 Å². The van der Waals surface area contributed by atoms with E-state index in [1.807, 2.05) is 0 Å². The molecule has 2 rings (SSSR count). The molecule has 0 radical (unpaired) electrons. The molecule has 0 aromatic carbocycles. The van der Waals surface area contributed by atoms with Gasteiger partial charge in [-0.25, -0.2) is 0 Å². The van der Waals surface area contributed by atoms with Gasteiger partial charge in [0.15, 0.2) is 0 Å². The number of rotatable bonds is 4. The van der Waals surface area contributed by atoms with Crippen molar-refractivity contribution in [1.29, 1.82) is 0 Å². The van der Waals surface area contributed by atoms with Gasteiger partial charge in [0.25, 0.3) is 0 Å². The Hall–Kier alpha value is -0.0800. The Kier molecular flexibility index (Phi) is 6.15. The molecule has 1 aliphatic heterocycles. The van der Waals surface area contributed by atoms with E-state index in [2.05, 4.69) is 18.7 Å². The van der Waals surface area contributed by atoms with E-state index in [1.54, 1.807) is 0 Å². The molecule has 2 fully saturated rings. The molecule has 2 nitrogen and oxygen atoms in total. The molecule has 1 saturated carbocycles. The van der Waals surface area contributed by atoms with Gasteiger partial charge in [-0.15, -0.1) is 0 Å². The fourth-order valence-electron chi connectivity index (χ4n) is 4.21. The quantitative estimate of drug-likeness (QED) is 0.838. The van der Waals surface area contributed by atoms with Crippen molar-refractivity contribution in [3.8, 4) is 0 Å². The normalized spacial score (nSPS) is 38.1. The fraction of sp³-hybridized carbons (Fsp3) is 1.00. The summed E-state index contributed by atoms with van der Waals surface area (Å²) in [4.78, 5) is 2.79. The van der Waals surface area contributed by atoms with Crippen molar-refractivity contribution in [3.05, 3.63) is 0 Å². The van der Waals surface area contributed by atoms with Crippen LogP contribution < -0.4 is 5.73 Å². The lowest BCUT2D eigenvalue weighted by atomic mass is 9.77. The van der Waals surface area contributed by atoms with Crippen LogP contribution in [0.2, 0.25) is 0 Å². The minimum atomic E-state index is 0.462. The highest BCUT2D eigenvalue weighted by atomic mass is 15.2. The lowest BCUT2D eigenvalue weighted by Crippen LogP contribution is -2.46. The topological polar surface area (TPSA) is 29.3 Å². The van der Waals surface area contributed by atoms with Crippen molar-refractivity contribution < 1.29 is 0 Å². The Labute approximate surface area is 120 Å². The highest BCUT2D eigenvalue weighted by Crippen LogP contribution is 2.32. The van der Waals surface area contributed by atoms with Gasteiger partial charge < -0.3 is 10.6 Å². The van der Waals surface area contributed by atoms with Crippen LogP contribution in [-0.4, -0.2) is 30.1 Å². The molecule has 2 N–H and O–H groups in total. The van der Waals surface area contributed by atoms with Gasteiger partial charge in [-0.05, 0) is 56.9 Å². The summed E-state index contributed by atoms with van der Waals surface area (Å²) in [6.07, 6.45) is 12.3. The summed E-state index contributed by atoms with van der Waals surface area (Å²) in [6, 6.07) is 1.29. The van der Waals surface area contributed by atoms with Crippen molar-refractivity contribution in [2.75, 3.05) is 13.1 Å². The SMILES string of the molecule is CCC1CCC(N)C(CN2CCCCCC2CC)C1. The number of hydrogen-bond donors (Lipinski definition) is 1. The van der Waals surface area contributed by atoms with Gasteiger partial charge in [0, 0.05) is 18.6 Å². The zero-order valence-corrected chi connectivity index (χ0v) is 13.1. The molecule has 2 heteroatoms. The van der Waals surface area contributed by atoms with Crippen LogP contribution in [0.5, 0.6) is 0 Å². The lowest BCUT2D eigenvalue weighted by Gasteiger charge is -2.39. The maximum absolute atomic E-state index is 6.41. The molecule has 0 aromatic rings. The monoisotopic (exact) mass is 266 g/mol. The Bertz CT molecular complexity index is 254. The number of nitrogens with two attached hydrogens (primary N) is 1. The Morgan fingerprint density at radius 1 is 1.00 bits per heavy atom. The zero-order chi connectivity index (χ0) is 13.7. The van der Waals surface area contributed by atoms with Crippen molar-refractivity contribution in [2.45, 2.75) is 83.7 Å². The first-order chi connectivity index (χ1) is 9.24. The van der Waals surface area contributed by atoms with E-state index in [9.17, 15) is 0 Å². The second-order valence-electron chi connectivity index (χ2n) is 6.92. The second kappa shape index (κ2) is 7.64. The summed E-state index contributed by atoms with van der Waals surface area (Å²) in [7, 11) is 0. The summed E-state index contributed by atoms with van der Waals surface area (Å²) in [5, 5.41) is 0. The molecule has 112 valence electrons. The molecule has 0 aromatic heterocycles. The average molecular weight is 266 g/mol. The smallest absolute Gasteiger partial charge is 0.00927 e. The van der Waals surface area contributed by atoms with Gasteiger partial charge in [-0.1, -0.05) is 33.1 Å². The van der Waals surface area contributed by atoms with E-state index in [-0.39, 0.29) is 0 Å². The van der Waals surface area contributed by atoms with Crippen LogP contribution in [0.15, 0.2) is 0 Å². The molecule has 1 heterocycles. The highest BCUT2D eigenvalue weighted by molar-refractivity contribution is 4.86.